The molecule has 0 aliphatic carbocycles. The second kappa shape index (κ2) is 7.52. The van der Waals surface area contributed by atoms with E-state index in [1.54, 1.807) is 13.2 Å². The van der Waals surface area contributed by atoms with Crippen LogP contribution in [-0.2, 0) is 4.74 Å². The van der Waals surface area contributed by atoms with Crippen molar-refractivity contribution in [1.29, 1.82) is 5.41 Å². The van der Waals surface area contributed by atoms with Crippen molar-refractivity contribution in [3.8, 4) is 0 Å². The summed E-state index contributed by atoms with van der Waals surface area (Å²) in [5, 5.41) is 9.98. The van der Waals surface area contributed by atoms with Gasteiger partial charge in [-0.05, 0) is 43.4 Å². The molecule has 0 radical (unpaired) electrons. The van der Waals surface area contributed by atoms with Crippen molar-refractivity contribution in [2.75, 3.05) is 20.1 Å². The number of amides is 1. The zero-order chi connectivity index (χ0) is 13.5. The molecular formula is C11H20IN3O2. The molecule has 98 valence electrons. The minimum Gasteiger partial charge on any atom is -0.444 e. The second-order valence-electron chi connectivity index (χ2n) is 4.53. The van der Waals surface area contributed by atoms with Gasteiger partial charge in [0.2, 0.25) is 0 Å². The summed E-state index contributed by atoms with van der Waals surface area (Å²) >= 11 is 2.04. The van der Waals surface area contributed by atoms with Crippen molar-refractivity contribution >= 4 is 34.9 Å². The second-order valence-corrected chi connectivity index (χ2v) is 5.78. The molecule has 0 bridgehead atoms. The number of likely N-dealkylation sites (N-methyl/N-ethyl adjacent to an activating group) is 1. The van der Waals surface area contributed by atoms with Gasteiger partial charge >= 0.3 is 6.09 Å². The summed E-state index contributed by atoms with van der Waals surface area (Å²) < 4.78 is 6.01. The van der Waals surface area contributed by atoms with E-state index in [0.717, 1.165) is 3.58 Å². The lowest BCUT2D eigenvalue weighted by Gasteiger charge is -2.24. The number of halogens is 1. The number of hydrogen-bond acceptors (Lipinski definition) is 4. The Balaban J connectivity index is 3.90. The van der Waals surface area contributed by atoms with Crippen molar-refractivity contribution in [2.24, 2.45) is 0 Å². The van der Waals surface area contributed by atoms with Crippen molar-refractivity contribution in [3.05, 3.63) is 9.78 Å². The van der Waals surface area contributed by atoms with Crippen LogP contribution in [0.4, 0.5) is 4.79 Å². The van der Waals surface area contributed by atoms with Crippen molar-refractivity contribution in [1.82, 2.24) is 10.2 Å². The van der Waals surface area contributed by atoms with Gasteiger partial charge in [0.05, 0.1) is 0 Å². The molecule has 1 amide bonds. The average molecular weight is 353 g/mol. The maximum absolute atomic E-state index is 11.6. The molecule has 0 aromatic heterocycles. The van der Waals surface area contributed by atoms with E-state index in [1.165, 1.54) is 11.1 Å². The molecule has 0 aliphatic rings. The number of nitrogens with zero attached hydrogens (tertiary/aromatic N) is 1. The number of allylic oxidation sites excluding steroid dienone is 1. The highest BCUT2D eigenvalue weighted by atomic mass is 127. The third-order valence-electron chi connectivity index (χ3n) is 1.67. The van der Waals surface area contributed by atoms with Gasteiger partial charge in [-0.3, -0.25) is 0 Å². The zero-order valence-electron chi connectivity index (χ0n) is 10.7. The maximum Gasteiger partial charge on any atom is 0.410 e. The number of hydrogen-bond donors (Lipinski definition) is 2. The number of nitrogens with one attached hydrogen (secondary N) is 2. The lowest BCUT2D eigenvalue weighted by Crippen LogP contribution is -2.37. The molecule has 0 saturated carbocycles. The summed E-state index contributed by atoms with van der Waals surface area (Å²) in [6.45, 7) is 6.69. The maximum atomic E-state index is 11.6. The van der Waals surface area contributed by atoms with Gasteiger partial charge < -0.3 is 20.4 Å². The van der Waals surface area contributed by atoms with Crippen LogP contribution in [0.1, 0.15) is 20.8 Å². The highest BCUT2D eigenvalue weighted by Gasteiger charge is 2.18. The van der Waals surface area contributed by atoms with Gasteiger partial charge in [-0.15, -0.1) is 0 Å². The molecule has 0 heterocycles. The molecule has 0 aromatic rings. The molecule has 0 spiro atoms. The summed E-state index contributed by atoms with van der Waals surface area (Å²) in [6.07, 6.45) is 2.66. The molecule has 0 aromatic carbocycles. The Morgan fingerprint density at radius 2 is 2.12 bits per heavy atom. The van der Waals surface area contributed by atoms with Crippen molar-refractivity contribution < 1.29 is 9.53 Å². The van der Waals surface area contributed by atoms with Gasteiger partial charge in [0.25, 0.3) is 0 Å². The van der Waals surface area contributed by atoms with Gasteiger partial charge in [-0.1, -0.05) is 0 Å². The summed E-state index contributed by atoms with van der Waals surface area (Å²) in [7, 11) is 1.70. The van der Waals surface area contributed by atoms with E-state index in [1.807, 2.05) is 43.4 Å². The van der Waals surface area contributed by atoms with E-state index >= 15 is 0 Å². The van der Waals surface area contributed by atoms with Crippen LogP contribution in [0, 0.1) is 5.41 Å². The SMILES string of the molecule is CN(CCN/C=C(/I)C=N)C(=O)OC(C)(C)C. The zero-order valence-corrected chi connectivity index (χ0v) is 12.9. The molecule has 5 nitrogen and oxygen atoms in total. The fourth-order valence-electron chi connectivity index (χ4n) is 0.875. The fourth-order valence-corrected chi connectivity index (χ4v) is 1.09. The summed E-state index contributed by atoms with van der Waals surface area (Å²) in [5.74, 6) is 0. The molecule has 0 aliphatic heterocycles. The summed E-state index contributed by atoms with van der Waals surface area (Å²) in [4.78, 5) is 13.1. The van der Waals surface area contributed by atoms with E-state index < -0.39 is 5.60 Å². The van der Waals surface area contributed by atoms with E-state index in [0.29, 0.717) is 13.1 Å². The molecule has 2 N–H and O–H groups in total. The Kier molecular flexibility index (Phi) is 7.17. The summed E-state index contributed by atoms with van der Waals surface area (Å²) in [6, 6.07) is 0. The minimum absolute atomic E-state index is 0.329. The Morgan fingerprint density at radius 3 is 2.59 bits per heavy atom. The highest BCUT2D eigenvalue weighted by Crippen LogP contribution is 2.08. The lowest BCUT2D eigenvalue weighted by atomic mass is 10.2. The molecule has 0 saturated heterocycles. The molecule has 0 atom stereocenters. The molecule has 0 unspecified atom stereocenters. The van der Waals surface area contributed by atoms with E-state index in [4.69, 9.17) is 10.1 Å². The first-order chi connectivity index (χ1) is 7.76. The standard InChI is InChI=1S/C11H20IN3O2/c1-11(2,3)17-10(16)15(4)6-5-14-8-9(12)7-13/h7-8,13-14H,5-6H2,1-4H3/b9-8+,13-7?. The van der Waals surface area contributed by atoms with E-state index in [9.17, 15) is 4.79 Å². The first kappa shape index (κ1) is 16.2. The predicted molar refractivity (Wildman–Crippen MR) is 77.8 cm³/mol. The Morgan fingerprint density at radius 1 is 1.53 bits per heavy atom. The smallest absolute Gasteiger partial charge is 0.410 e. The predicted octanol–water partition coefficient (Wildman–Crippen LogP) is 2.37. The average Bonchev–Trinajstić information content (AvgIpc) is 2.21. The van der Waals surface area contributed by atoms with Gasteiger partial charge in [0.1, 0.15) is 5.60 Å². The number of carbonyl (C=O) groups excluding carboxylic acids is 1. The van der Waals surface area contributed by atoms with Crippen molar-refractivity contribution in [3.63, 3.8) is 0 Å². The van der Waals surface area contributed by atoms with Gasteiger partial charge in [-0.2, -0.15) is 0 Å². The molecule has 0 fully saturated rings. The third kappa shape index (κ3) is 8.96. The number of rotatable bonds is 5. The number of ether oxygens (including phenoxy) is 1. The first-order valence-electron chi connectivity index (χ1n) is 5.30. The molecule has 0 rings (SSSR count). The highest BCUT2D eigenvalue weighted by molar-refractivity contribution is 14.1. The van der Waals surface area contributed by atoms with Crippen LogP contribution in [0.15, 0.2) is 9.78 Å². The van der Waals surface area contributed by atoms with Crippen LogP contribution in [0.25, 0.3) is 0 Å². The summed E-state index contributed by atoms with van der Waals surface area (Å²) in [5.41, 5.74) is -0.464. The van der Waals surface area contributed by atoms with E-state index in [-0.39, 0.29) is 6.09 Å². The van der Waals surface area contributed by atoms with Crippen molar-refractivity contribution in [2.45, 2.75) is 26.4 Å². The van der Waals surface area contributed by atoms with Crippen LogP contribution >= 0.6 is 22.6 Å². The normalized spacial score (nSPS) is 11.9. The first-order valence-corrected chi connectivity index (χ1v) is 6.38. The number of carbonyl (C=O) groups is 1. The van der Waals surface area contributed by atoms with Gasteiger partial charge in [0.15, 0.2) is 0 Å². The van der Waals surface area contributed by atoms with Crippen LogP contribution in [0.5, 0.6) is 0 Å². The van der Waals surface area contributed by atoms with Crippen LogP contribution in [0.3, 0.4) is 0 Å². The quantitative estimate of drug-likeness (QED) is 0.453. The molecular weight excluding hydrogens is 333 g/mol. The topological polar surface area (TPSA) is 65.4 Å². The van der Waals surface area contributed by atoms with Crippen LogP contribution in [-0.4, -0.2) is 42.9 Å². The molecule has 17 heavy (non-hydrogen) atoms. The molecule has 6 heteroatoms. The Bertz CT molecular complexity index is 298. The Hall–Kier alpha value is -0.790. The minimum atomic E-state index is -0.464. The Labute approximate surface area is 116 Å². The third-order valence-corrected chi connectivity index (χ3v) is 2.30. The van der Waals surface area contributed by atoms with Gasteiger partial charge in [-0.25, -0.2) is 4.79 Å². The largest absolute Gasteiger partial charge is 0.444 e. The lowest BCUT2D eigenvalue weighted by molar-refractivity contribution is 0.0302. The van der Waals surface area contributed by atoms with Gasteiger partial charge in [0, 0.05) is 36.1 Å². The monoisotopic (exact) mass is 353 g/mol. The van der Waals surface area contributed by atoms with Crippen LogP contribution in [0.2, 0.25) is 0 Å². The van der Waals surface area contributed by atoms with E-state index in [2.05, 4.69) is 5.32 Å². The van der Waals surface area contributed by atoms with Crippen LogP contribution < -0.4 is 5.32 Å². The fraction of sp³-hybridized carbons (Fsp3) is 0.636.